The summed E-state index contributed by atoms with van der Waals surface area (Å²) in [6, 6.07) is 23.2. The molecule has 0 radical (unpaired) electrons. The van der Waals surface area contributed by atoms with E-state index in [1.54, 1.807) is 31.2 Å². The third-order valence-corrected chi connectivity index (χ3v) is 6.86. The van der Waals surface area contributed by atoms with Crippen LogP contribution in [0.25, 0.3) is 0 Å². The zero-order chi connectivity index (χ0) is 35.2. The monoisotopic (exact) mass is 666 g/mol. The van der Waals surface area contributed by atoms with Gasteiger partial charge >= 0.3 is 30.0 Å². The topological polar surface area (TPSA) is 141 Å². The van der Waals surface area contributed by atoms with Crippen LogP contribution in [0, 0.1) is 13.8 Å². The normalized spacial score (nSPS) is 10.3. The van der Waals surface area contributed by atoms with E-state index in [4.69, 9.17) is 28.4 Å². The van der Waals surface area contributed by atoms with Gasteiger partial charge in [-0.15, -0.1) is 0 Å². The SMILES string of the molecule is C=CC(=O)OCCCCCOC(=O)Oc1ccc(C(=O)Oc2ccc(C(=O)Oc3ccc(OC(=O)c4ccc(C)cc4)c(C)c3)cc2)cc1. The number of ether oxygens (including phenoxy) is 6. The van der Waals surface area contributed by atoms with Crippen LogP contribution in [-0.2, 0) is 14.3 Å². The highest BCUT2D eigenvalue weighted by atomic mass is 16.7. The number of hydrogen-bond acceptors (Lipinski definition) is 11. The van der Waals surface area contributed by atoms with Gasteiger partial charge < -0.3 is 28.4 Å². The summed E-state index contributed by atoms with van der Waals surface area (Å²) in [5, 5.41) is 0. The molecule has 0 aliphatic heterocycles. The Kier molecular flexibility index (Phi) is 12.8. The van der Waals surface area contributed by atoms with Gasteiger partial charge in [0.25, 0.3) is 0 Å². The second-order valence-corrected chi connectivity index (χ2v) is 10.6. The second-order valence-electron chi connectivity index (χ2n) is 10.6. The summed E-state index contributed by atoms with van der Waals surface area (Å²) in [6.45, 7) is 7.37. The first-order valence-corrected chi connectivity index (χ1v) is 15.3. The molecule has 49 heavy (non-hydrogen) atoms. The Balaban J connectivity index is 1.20. The maximum atomic E-state index is 12.7. The molecule has 0 amide bonds. The quantitative estimate of drug-likeness (QED) is 0.0438. The largest absolute Gasteiger partial charge is 0.513 e. The van der Waals surface area contributed by atoms with E-state index < -0.39 is 30.0 Å². The maximum absolute atomic E-state index is 12.7. The van der Waals surface area contributed by atoms with Gasteiger partial charge in [0, 0.05) is 6.08 Å². The van der Waals surface area contributed by atoms with Crippen molar-refractivity contribution in [2.24, 2.45) is 0 Å². The van der Waals surface area contributed by atoms with E-state index in [1.165, 1.54) is 54.6 Å². The third kappa shape index (κ3) is 11.2. The minimum atomic E-state index is -0.890. The number of benzene rings is 4. The molecule has 0 saturated heterocycles. The Morgan fingerprint density at radius 2 is 1.02 bits per heavy atom. The first kappa shape index (κ1) is 35.6. The number of hydrogen-bond donors (Lipinski definition) is 0. The minimum absolute atomic E-state index is 0.135. The van der Waals surface area contributed by atoms with Gasteiger partial charge in [-0.2, -0.15) is 0 Å². The highest BCUT2D eigenvalue weighted by Gasteiger charge is 2.15. The molecule has 0 bridgehead atoms. The summed E-state index contributed by atoms with van der Waals surface area (Å²) in [4.78, 5) is 60.7. The predicted octanol–water partition coefficient (Wildman–Crippen LogP) is 7.38. The van der Waals surface area contributed by atoms with Crippen molar-refractivity contribution in [3.63, 3.8) is 0 Å². The van der Waals surface area contributed by atoms with Gasteiger partial charge in [-0.05, 0) is 118 Å². The molecule has 0 N–H and O–H groups in total. The molecule has 0 spiro atoms. The fourth-order valence-electron chi connectivity index (χ4n) is 4.19. The lowest BCUT2D eigenvalue weighted by Crippen LogP contribution is -2.12. The van der Waals surface area contributed by atoms with Gasteiger partial charge in [0.2, 0.25) is 0 Å². The third-order valence-electron chi connectivity index (χ3n) is 6.86. The maximum Gasteiger partial charge on any atom is 0.513 e. The predicted molar refractivity (Wildman–Crippen MR) is 177 cm³/mol. The van der Waals surface area contributed by atoms with Crippen molar-refractivity contribution in [2.45, 2.75) is 33.1 Å². The molecular formula is C38H34O11. The van der Waals surface area contributed by atoms with E-state index in [2.05, 4.69) is 6.58 Å². The van der Waals surface area contributed by atoms with Gasteiger partial charge in [-0.3, -0.25) is 0 Å². The first-order chi connectivity index (χ1) is 23.6. The van der Waals surface area contributed by atoms with Crippen molar-refractivity contribution in [3.8, 4) is 23.0 Å². The molecule has 11 nitrogen and oxygen atoms in total. The lowest BCUT2D eigenvalue weighted by Gasteiger charge is -2.10. The van der Waals surface area contributed by atoms with Gasteiger partial charge in [0.05, 0.1) is 29.9 Å². The Morgan fingerprint density at radius 1 is 0.551 bits per heavy atom. The molecule has 4 rings (SSSR count). The number of carbonyl (C=O) groups is 5. The summed E-state index contributed by atoms with van der Waals surface area (Å²) in [5.41, 5.74) is 2.46. The Bertz CT molecular complexity index is 1790. The van der Waals surface area contributed by atoms with Crippen LogP contribution in [0.1, 0.15) is 61.5 Å². The van der Waals surface area contributed by atoms with Crippen molar-refractivity contribution in [2.75, 3.05) is 13.2 Å². The summed E-state index contributed by atoms with van der Waals surface area (Å²) in [7, 11) is 0. The average molecular weight is 667 g/mol. The molecule has 0 aromatic heterocycles. The number of rotatable bonds is 14. The molecular weight excluding hydrogens is 632 g/mol. The van der Waals surface area contributed by atoms with Crippen LogP contribution in [0.3, 0.4) is 0 Å². The molecule has 11 heteroatoms. The van der Waals surface area contributed by atoms with E-state index in [0.29, 0.717) is 36.1 Å². The van der Waals surface area contributed by atoms with E-state index in [9.17, 15) is 24.0 Å². The molecule has 4 aromatic rings. The summed E-state index contributed by atoms with van der Waals surface area (Å²) < 4.78 is 31.3. The smallest absolute Gasteiger partial charge is 0.463 e. The van der Waals surface area contributed by atoms with Crippen LogP contribution in [-0.4, -0.2) is 43.2 Å². The Morgan fingerprint density at radius 3 is 1.57 bits per heavy atom. The van der Waals surface area contributed by atoms with Gasteiger partial charge in [-0.25, -0.2) is 24.0 Å². The van der Waals surface area contributed by atoms with Gasteiger partial charge in [0.1, 0.15) is 23.0 Å². The molecule has 0 fully saturated rings. The molecule has 0 atom stereocenters. The van der Waals surface area contributed by atoms with Crippen LogP contribution < -0.4 is 18.9 Å². The molecule has 0 saturated carbocycles. The number of aryl methyl sites for hydroxylation is 2. The summed E-state index contributed by atoms with van der Waals surface area (Å²) in [6.07, 6.45) is 2.08. The lowest BCUT2D eigenvalue weighted by molar-refractivity contribution is -0.137. The molecule has 0 aliphatic rings. The molecule has 0 aliphatic carbocycles. The van der Waals surface area contributed by atoms with Gasteiger partial charge in [0.15, 0.2) is 0 Å². The average Bonchev–Trinajstić information content (AvgIpc) is 3.09. The van der Waals surface area contributed by atoms with Gasteiger partial charge in [-0.1, -0.05) is 24.3 Å². The van der Waals surface area contributed by atoms with Crippen LogP contribution in [0.2, 0.25) is 0 Å². The van der Waals surface area contributed by atoms with Crippen molar-refractivity contribution in [3.05, 3.63) is 131 Å². The van der Waals surface area contributed by atoms with Crippen molar-refractivity contribution in [1.29, 1.82) is 0 Å². The summed E-state index contributed by atoms with van der Waals surface area (Å²) in [5.74, 6) is -1.31. The highest BCUT2D eigenvalue weighted by molar-refractivity contribution is 5.93. The van der Waals surface area contributed by atoms with E-state index in [-0.39, 0.29) is 41.6 Å². The van der Waals surface area contributed by atoms with Crippen molar-refractivity contribution >= 4 is 30.0 Å². The number of esters is 4. The second kappa shape index (κ2) is 17.6. The molecule has 252 valence electrons. The minimum Gasteiger partial charge on any atom is -0.463 e. The van der Waals surface area contributed by atoms with E-state index in [0.717, 1.165) is 11.6 Å². The zero-order valence-corrected chi connectivity index (χ0v) is 27.0. The molecule has 0 heterocycles. The zero-order valence-electron chi connectivity index (χ0n) is 27.0. The van der Waals surface area contributed by atoms with Crippen LogP contribution in [0.5, 0.6) is 23.0 Å². The van der Waals surface area contributed by atoms with E-state index >= 15 is 0 Å². The van der Waals surface area contributed by atoms with Crippen molar-refractivity contribution in [1.82, 2.24) is 0 Å². The standard InChI is InChI=1S/C38H34O11/c1-4-34(39)44-22-6-5-7-23-45-38(43)48-31-18-14-28(15-19-31)35(40)46-30-16-12-29(13-17-30)36(41)47-32-20-21-33(26(3)24-32)49-37(42)27-10-8-25(2)9-11-27/h4,8-21,24H,1,5-7,22-23H2,2-3H3. The van der Waals surface area contributed by atoms with Crippen LogP contribution >= 0.6 is 0 Å². The molecule has 4 aromatic carbocycles. The number of unbranched alkanes of at least 4 members (excludes halogenated alkanes) is 2. The van der Waals surface area contributed by atoms with Crippen LogP contribution in [0.15, 0.2) is 104 Å². The summed E-state index contributed by atoms with van der Waals surface area (Å²) >= 11 is 0. The highest BCUT2D eigenvalue weighted by Crippen LogP contribution is 2.26. The Hall–Kier alpha value is -6.23. The fourth-order valence-corrected chi connectivity index (χ4v) is 4.19. The fraction of sp³-hybridized carbons (Fsp3) is 0.184. The Labute approximate surface area is 283 Å². The molecule has 0 unspecified atom stereocenters. The number of carbonyl (C=O) groups excluding carboxylic acids is 5. The lowest BCUT2D eigenvalue weighted by atomic mass is 10.1. The van der Waals surface area contributed by atoms with Crippen molar-refractivity contribution < 1.29 is 52.4 Å². The van der Waals surface area contributed by atoms with E-state index in [1.807, 2.05) is 19.1 Å². The van der Waals surface area contributed by atoms with Crippen LogP contribution in [0.4, 0.5) is 4.79 Å². The first-order valence-electron chi connectivity index (χ1n) is 15.3.